The smallest absolute Gasteiger partial charge is 0.165 e. The second-order valence-corrected chi connectivity index (χ2v) is 6.52. The minimum Gasteiger partial charge on any atom is -0.497 e. The van der Waals surface area contributed by atoms with Gasteiger partial charge in [0.1, 0.15) is 12.4 Å². The summed E-state index contributed by atoms with van der Waals surface area (Å²) in [4.78, 5) is 4.49. The molecule has 0 saturated carbocycles. The Morgan fingerprint density at radius 3 is 2.65 bits per heavy atom. The molecule has 5 heteroatoms. The number of likely N-dealkylation sites (tertiary alicyclic amines) is 1. The van der Waals surface area contributed by atoms with Crippen LogP contribution >= 0.6 is 0 Å². The first-order valence-electron chi connectivity index (χ1n) is 9.22. The molecular weight excluding hydrogens is 331 g/mol. The number of hydrogen-bond donors (Lipinski definition) is 0. The summed E-state index contributed by atoms with van der Waals surface area (Å²) < 4.78 is 25.3. The molecular formula is C21H27FN2O2. The summed E-state index contributed by atoms with van der Waals surface area (Å²) >= 11 is 0. The third-order valence-corrected chi connectivity index (χ3v) is 4.78. The van der Waals surface area contributed by atoms with E-state index in [1.54, 1.807) is 19.2 Å². The highest BCUT2D eigenvalue weighted by Crippen LogP contribution is 2.24. The van der Waals surface area contributed by atoms with Crippen LogP contribution in [0.1, 0.15) is 18.9 Å². The van der Waals surface area contributed by atoms with E-state index in [0.717, 1.165) is 43.2 Å². The van der Waals surface area contributed by atoms with Crippen LogP contribution in [0.3, 0.4) is 0 Å². The van der Waals surface area contributed by atoms with Crippen LogP contribution in [0.15, 0.2) is 42.5 Å². The molecule has 0 radical (unpaired) electrons. The van der Waals surface area contributed by atoms with Gasteiger partial charge >= 0.3 is 0 Å². The van der Waals surface area contributed by atoms with Crippen molar-refractivity contribution in [2.45, 2.75) is 19.9 Å². The Balaban J connectivity index is 1.61. The van der Waals surface area contributed by atoms with E-state index >= 15 is 0 Å². The molecule has 1 saturated heterocycles. The molecule has 1 aliphatic heterocycles. The summed E-state index contributed by atoms with van der Waals surface area (Å²) in [7, 11) is 1.66. The Kier molecular flexibility index (Phi) is 6.34. The average molecular weight is 358 g/mol. The van der Waals surface area contributed by atoms with Gasteiger partial charge in [-0.1, -0.05) is 12.1 Å². The monoisotopic (exact) mass is 358 g/mol. The van der Waals surface area contributed by atoms with Gasteiger partial charge in [-0.15, -0.1) is 0 Å². The fraction of sp³-hybridized carbons (Fsp3) is 0.429. The first kappa shape index (κ1) is 18.5. The van der Waals surface area contributed by atoms with E-state index < -0.39 is 0 Å². The Labute approximate surface area is 155 Å². The normalized spacial score (nSPS) is 14.0. The highest BCUT2D eigenvalue weighted by atomic mass is 19.1. The van der Waals surface area contributed by atoms with Crippen LogP contribution in [0.2, 0.25) is 0 Å². The first-order valence-corrected chi connectivity index (χ1v) is 9.22. The molecule has 26 heavy (non-hydrogen) atoms. The molecule has 0 aliphatic carbocycles. The van der Waals surface area contributed by atoms with E-state index in [-0.39, 0.29) is 5.82 Å². The van der Waals surface area contributed by atoms with Crippen LogP contribution < -0.4 is 14.4 Å². The maximum atomic E-state index is 14.4. The second-order valence-electron chi connectivity index (χ2n) is 6.52. The van der Waals surface area contributed by atoms with Crippen LogP contribution in [0, 0.1) is 5.82 Å². The fourth-order valence-electron chi connectivity index (χ4n) is 3.06. The molecule has 3 rings (SSSR count). The number of ether oxygens (including phenoxy) is 2. The molecule has 0 N–H and O–H groups in total. The van der Waals surface area contributed by atoms with Gasteiger partial charge in [0.2, 0.25) is 0 Å². The molecule has 1 fully saturated rings. The quantitative estimate of drug-likeness (QED) is 0.678. The van der Waals surface area contributed by atoms with Crippen molar-refractivity contribution in [3.63, 3.8) is 0 Å². The van der Waals surface area contributed by atoms with Gasteiger partial charge in [0.25, 0.3) is 0 Å². The van der Waals surface area contributed by atoms with Gasteiger partial charge in [0, 0.05) is 31.4 Å². The van der Waals surface area contributed by atoms with Crippen molar-refractivity contribution in [1.29, 1.82) is 0 Å². The molecule has 0 amide bonds. The number of methoxy groups -OCH3 is 1. The van der Waals surface area contributed by atoms with Crippen molar-refractivity contribution in [3.8, 4) is 11.5 Å². The van der Waals surface area contributed by atoms with Crippen molar-refractivity contribution < 1.29 is 13.9 Å². The average Bonchev–Trinajstić information content (AvgIpc) is 2.63. The van der Waals surface area contributed by atoms with Crippen molar-refractivity contribution in [3.05, 3.63) is 53.8 Å². The Morgan fingerprint density at radius 2 is 2.00 bits per heavy atom. The molecule has 2 aromatic carbocycles. The number of benzene rings is 2. The van der Waals surface area contributed by atoms with Gasteiger partial charge in [-0.05, 0) is 56.3 Å². The molecule has 0 unspecified atom stereocenters. The second kappa shape index (κ2) is 8.90. The predicted octanol–water partition coefficient (Wildman–Crippen LogP) is 3.95. The number of anilines is 1. The maximum Gasteiger partial charge on any atom is 0.165 e. The molecule has 0 aromatic heterocycles. The van der Waals surface area contributed by atoms with E-state index in [2.05, 4.69) is 16.7 Å². The molecule has 140 valence electrons. The number of hydrogen-bond acceptors (Lipinski definition) is 4. The maximum absolute atomic E-state index is 14.4. The Bertz CT molecular complexity index is 719. The van der Waals surface area contributed by atoms with E-state index in [0.29, 0.717) is 18.9 Å². The zero-order valence-electron chi connectivity index (χ0n) is 15.6. The molecule has 1 aliphatic rings. The molecule has 4 nitrogen and oxygen atoms in total. The van der Waals surface area contributed by atoms with Crippen LogP contribution in [-0.4, -0.2) is 44.8 Å². The third-order valence-electron chi connectivity index (χ3n) is 4.78. The molecule has 0 spiro atoms. The zero-order chi connectivity index (χ0) is 18.4. The van der Waals surface area contributed by atoms with Gasteiger partial charge in [-0.25, -0.2) is 4.39 Å². The minimum absolute atomic E-state index is 0.298. The van der Waals surface area contributed by atoms with Gasteiger partial charge in [-0.2, -0.15) is 0 Å². The fourth-order valence-corrected chi connectivity index (χ4v) is 3.06. The van der Waals surface area contributed by atoms with Gasteiger partial charge < -0.3 is 14.4 Å². The zero-order valence-corrected chi connectivity index (χ0v) is 15.6. The lowest BCUT2D eigenvalue weighted by Crippen LogP contribution is -2.39. The van der Waals surface area contributed by atoms with Crippen molar-refractivity contribution >= 4 is 5.69 Å². The van der Waals surface area contributed by atoms with Crippen LogP contribution in [-0.2, 0) is 6.54 Å². The predicted molar refractivity (Wildman–Crippen MR) is 103 cm³/mol. The van der Waals surface area contributed by atoms with Crippen LogP contribution in [0.4, 0.5) is 10.1 Å². The lowest BCUT2D eigenvalue weighted by Gasteiger charge is -2.30. The van der Waals surface area contributed by atoms with Gasteiger partial charge in [-0.3, -0.25) is 4.90 Å². The molecule has 0 atom stereocenters. The van der Waals surface area contributed by atoms with Crippen molar-refractivity contribution in [1.82, 2.24) is 4.90 Å². The summed E-state index contributed by atoms with van der Waals surface area (Å²) in [6, 6.07) is 13.2. The number of halogens is 1. The molecule has 2 aromatic rings. The molecule has 1 heterocycles. The van der Waals surface area contributed by atoms with Crippen molar-refractivity contribution in [2.75, 3.05) is 44.8 Å². The minimum atomic E-state index is -0.298. The van der Waals surface area contributed by atoms with Gasteiger partial charge in [0.15, 0.2) is 11.6 Å². The number of nitrogens with zero attached hydrogens (tertiary/aromatic N) is 2. The highest BCUT2D eigenvalue weighted by molar-refractivity contribution is 5.51. The lowest BCUT2D eigenvalue weighted by molar-refractivity contribution is 0.145. The third kappa shape index (κ3) is 4.67. The SMILES string of the molecule is CCN(Cc1ccc(OCCN2CCC2)c(F)c1)c1cccc(OC)c1. The summed E-state index contributed by atoms with van der Waals surface area (Å²) in [6.07, 6.45) is 1.25. The van der Waals surface area contributed by atoms with Crippen molar-refractivity contribution in [2.24, 2.45) is 0 Å². The summed E-state index contributed by atoms with van der Waals surface area (Å²) in [5.74, 6) is 0.851. The Hall–Kier alpha value is -2.27. The van der Waals surface area contributed by atoms with Gasteiger partial charge in [0.05, 0.1) is 7.11 Å². The van der Waals surface area contributed by atoms with Crippen LogP contribution in [0.25, 0.3) is 0 Å². The lowest BCUT2D eigenvalue weighted by atomic mass is 10.1. The number of rotatable bonds is 9. The summed E-state index contributed by atoms with van der Waals surface area (Å²) in [5.41, 5.74) is 1.98. The largest absolute Gasteiger partial charge is 0.497 e. The van der Waals surface area contributed by atoms with E-state index in [4.69, 9.17) is 9.47 Å². The van der Waals surface area contributed by atoms with Crippen LogP contribution in [0.5, 0.6) is 11.5 Å². The standard InChI is InChI=1S/C21H27FN2O2/c1-3-24(18-6-4-7-19(15-18)25-2)16-17-8-9-21(20(22)14-17)26-13-12-23-10-5-11-23/h4,6-9,14-15H,3,5,10-13,16H2,1-2H3. The van der Waals surface area contributed by atoms with E-state index in [1.165, 1.54) is 6.42 Å². The highest BCUT2D eigenvalue weighted by Gasteiger charge is 2.14. The molecule has 0 bridgehead atoms. The summed E-state index contributed by atoms with van der Waals surface area (Å²) in [5, 5.41) is 0. The summed E-state index contributed by atoms with van der Waals surface area (Å²) in [6.45, 7) is 7.19. The Morgan fingerprint density at radius 1 is 1.15 bits per heavy atom. The van der Waals surface area contributed by atoms with E-state index in [9.17, 15) is 4.39 Å². The first-order chi connectivity index (χ1) is 12.7. The topological polar surface area (TPSA) is 24.9 Å². The van der Waals surface area contributed by atoms with E-state index in [1.807, 2.05) is 30.3 Å².